The van der Waals surface area contributed by atoms with Gasteiger partial charge in [0.2, 0.25) is 0 Å². The van der Waals surface area contributed by atoms with Crippen molar-refractivity contribution in [1.29, 1.82) is 0 Å². The van der Waals surface area contributed by atoms with Crippen molar-refractivity contribution in [1.82, 2.24) is 15.2 Å². The van der Waals surface area contributed by atoms with Crippen LogP contribution in [0.4, 0.5) is 5.82 Å². The maximum atomic E-state index is 3.98. The lowest BCUT2D eigenvalue weighted by Crippen LogP contribution is -2.26. The third kappa shape index (κ3) is 2.93. The zero-order valence-electron chi connectivity index (χ0n) is 7.00. The highest BCUT2D eigenvalue weighted by atomic mass is 15.2. The number of anilines is 1. The molecule has 0 radical (unpaired) electrons. The van der Waals surface area contributed by atoms with E-state index in [0.29, 0.717) is 0 Å². The van der Waals surface area contributed by atoms with Crippen LogP contribution in [0.5, 0.6) is 0 Å². The standard InChI is InChI=1S/C7H12N4/c1-7(2,3)11-6-4-9-10-5-8-6/h4-5H,1-3H3,(H,8,10,11). The van der Waals surface area contributed by atoms with Crippen LogP contribution in [0.15, 0.2) is 12.5 Å². The van der Waals surface area contributed by atoms with Crippen LogP contribution in [0.25, 0.3) is 0 Å². The third-order valence-corrected chi connectivity index (χ3v) is 0.998. The zero-order chi connectivity index (χ0) is 8.32. The van der Waals surface area contributed by atoms with Gasteiger partial charge in [0.05, 0.1) is 6.20 Å². The lowest BCUT2D eigenvalue weighted by Gasteiger charge is -2.20. The highest BCUT2D eigenvalue weighted by Crippen LogP contribution is 2.08. The molecule has 0 aliphatic carbocycles. The molecule has 0 unspecified atom stereocenters. The molecule has 0 aromatic carbocycles. The molecule has 1 aromatic heterocycles. The predicted octanol–water partition coefficient (Wildman–Crippen LogP) is 1.08. The summed E-state index contributed by atoms with van der Waals surface area (Å²) in [5.41, 5.74) is 0.0238. The van der Waals surface area contributed by atoms with Gasteiger partial charge in [-0.2, -0.15) is 5.10 Å². The van der Waals surface area contributed by atoms with E-state index in [-0.39, 0.29) is 5.54 Å². The number of rotatable bonds is 1. The summed E-state index contributed by atoms with van der Waals surface area (Å²) in [6.45, 7) is 6.19. The predicted molar refractivity (Wildman–Crippen MR) is 43.2 cm³/mol. The molecule has 4 nitrogen and oxygen atoms in total. The van der Waals surface area contributed by atoms with Crippen LogP contribution in [-0.2, 0) is 0 Å². The number of hydrogen-bond acceptors (Lipinski definition) is 4. The summed E-state index contributed by atoms with van der Waals surface area (Å²) in [6.07, 6.45) is 3.03. The van der Waals surface area contributed by atoms with Crippen molar-refractivity contribution in [2.24, 2.45) is 0 Å². The van der Waals surface area contributed by atoms with Crippen molar-refractivity contribution in [2.75, 3.05) is 5.32 Å². The highest BCUT2D eigenvalue weighted by molar-refractivity contribution is 5.32. The first-order valence-electron chi connectivity index (χ1n) is 3.49. The number of nitrogens with zero attached hydrogens (tertiary/aromatic N) is 3. The fourth-order valence-electron chi connectivity index (χ4n) is 0.688. The Hall–Kier alpha value is -1.19. The molecule has 0 amide bonds. The van der Waals surface area contributed by atoms with Gasteiger partial charge in [0, 0.05) is 5.54 Å². The fraction of sp³-hybridized carbons (Fsp3) is 0.571. The molecule has 11 heavy (non-hydrogen) atoms. The van der Waals surface area contributed by atoms with E-state index in [1.807, 2.05) is 0 Å². The molecular weight excluding hydrogens is 140 g/mol. The largest absolute Gasteiger partial charge is 0.364 e. The minimum Gasteiger partial charge on any atom is -0.364 e. The molecule has 0 saturated heterocycles. The number of nitrogens with one attached hydrogen (secondary N) is 1. The van der Waals surface area contributed by atoms with Gasteiger partial charge in [-0.1, -0.05) is 0 Å². The van der Waals surface area contributed by atoms with Crippen LogP contribution in [0.1, 0.15) is 20.8 Å². The minimum absolute atomic E-state index is 0.0238. The molecule has 0 fully saturated rings. The first kappa shape index (κ1) is 7.91. The van der Waals surface area contributed by atoms with E-state index in [4.69, 9.17) is 0 Å². The van der Waals surface area contributed by atoms with Gasteiger partial charge in [-0.3, -0.25) is 0 Å². The average molecular weight is 152 g/mol. The van der Waals surface area contributed by atoms with Crippen molar-refractivity contribution < 1.29 is 0 Å². The Labute approximate surface area is 66.1 Å². The number of hydrogen-bond donors (Lipinski definition) is 1. The Morgan fingerprint density at radius 3 is 2.45 bits per heavy atom. The molecular formula is C7H12N4. The summed E-state index contributed by atoms with van der Waals surface area (Å²) >= 11 is 0. The van der Waals surface area contributed by atoms with Crippen molar-refractivity contribution >= 4 is 5.82 Å². The van der Waals surface area contributed by atoms with Crippen LogP contribution >= 0.6 is 0 Å². The van der Waals surface area contributed by atoms with Gasteiger partial charge >= 0.3 is 0 Å². The van der Waals surface area contributed by atoms with Gasteiger partial charge in [0.15, 0.2) is 0 Å². The van der Waals surface area contributed by atoms with E-state index < -0.39 is 0 Å². The second-order valence-corrected chi connectivity index (χ2v) is 3.36. The summed E-state index contributed by atoms with van der Waals surface area (Å²) in [5, 5.41) is 10.4. The van der Waals surface area contributed by atoms with Crippen LogP contribution < -0.4 is 5.32 Å². The first-order valence-corrected chi connectivity index (χ1v) is 3.49. The topological polar surface area (TPSA) is 50.7 Å². The highest BCUT2D eigenvalue weighted by Gasteiger charge is 2.09. The monoisotopic (exact) mass is 152 g/mol. The van der Waals surface area contributed by atoms with E-state index in [9.17, 15) is 0 Å². The Bertz CT molecular complexity index is 214. The van der Waals surface area contributed by atoms with Crippen LogP contribution in [0.3, 0.4) is 0 Å². The van der Waals surface area contributed by atoms with Crippen molar-refractivity contribution in [3.63, 3.8) is 0 Å². The molecule has 4 heteroatoms. The van der Waals surface area contributed by atoms with Crippen LogP contribution in [0.2, 0.25) is 0 Å². The molecule has 0 saturated carbocycles. The summed E-state index contributed by atoms with van der Waals surface area (Å²) in [5.74, 6) is 0.757. The van der Waals surface area contributed by atoms with E-state index >= 15 is 0 Å². The smallest absolute Gasteiger partial charge is 0.148 e. The van der Waals surface area contributed by atoms with E-state index in [0.717, 1.165) is 5.82 Å². The molecule has 1 N–H and O–H groups in total. The molecule has 0 spiro atoms. The van der Waals surface area contributed by atoms with Gasteiger partial charge in [0.25, 0.3) is 0 Å². The summed E-state index contributed by atoms with van der Waals surface area (Å²) in [6, 6.07) is 0. The van der Waals surface area contributed by atoms with Gasteiger partial charge in [-0.05, 0) is 20.8 Å². The van der Waals surface area contributed by atoms with Gasteiger partial charge in [0.1, 0.15) is 12.1 Å². The van der Waals surface area contributed by atoms with Crippen molar-refractivity contribution in [3.05, 3.63) is 12.5 Å². The summed E-state index contributed by atoms with van der Waals surface area (Å²) in [7, 11) is 0. The van der Waals surface area contributed by atoms with Crippen LogP contribution in [-0.4, -0.2) is 20.7 Å². The van der Waals surface area contributed by atoms with E-state index in [2.05, 4.69) is 41.3 Å². The third-order valence-electron chi connectivity index (χ3n) is 0.998. The lowest BCUT2D eigenvalue weighted by molar-refractivity contribution is 0.628. The second-order valence-electron chi connectivity index (χ2n) is 3.36. The Morgan fingerprint density at radius 2 is 2.00 bits per heavy atom. The minimum atomic E-state index is 0.0238. The molecule has 0 atom stereocenters. The van der Waals surface area contributed by atoms with Crippen molar-refractivity contribution in [2.45, 2.75) is 26.3 Å². The van der Waals surface area contributed by atoms with Gasteiger partial charge < -0.3 is 5.32 Å². The number of aromatic nitrogens is 3. The average Bonchev–Trinajstić information content (AvgIpc) is 1.85. The lowest BCUT2D eigenvalue weighted by atomic mass is 10.1. The summed E-state index contributed by atoms with van der Waals surface area (Å²) < 4.78 is 0. The van der Waals surface area contributed by atoms with Crippen molar-refractivity contribution in [3.8, 4) is 0 Å². The first-order chi connectivity index (χ1) is 5.08. The maximum absolute atomic E-state index is 3.98. The van der Waals surface area contributed by atoms with Crippen LogP contribution in [0, 0.1) is 0 Å². The molecule has 60 valence electrons. The zero-order valence-corrected chi connectivity index (χ0v) is 7.00. The SMILES string of the molecule is CC(C)(C)Nc1cnncn1. The van der Waals surface area contributed by atoms with Gasteiger partial charge in [-0.15, -0.1) is 5.10 Å². The summed E-state index contributed by atoms with van der Waals surface area (Å²) in [4.78, 5) is 3.98. The molecule has 1 heterocycles. The fourth-order valence-corrected chi connectivity index (χ4v) is 0.688. The Balaban J connectivity index is 2.66. The molecule has 0 aliphatic heterocycles. The van der Waals surface area contributed by atoms with E-state index in [1.54, 1.807) is 6.20 Å². The quantitative estimate of drug-likeness (QED) is 0.654. The maximum Gasteiger partial charge on any atom is 0.148 e. The molecule has 0 bridgehead atoms. The molecule has 1 aromatic rings. The second kappa shape index (κ2) is 2.82. The Morgan fingerprint density at radius 1 is 1.27 bits per heavy atom. The molecule has 0 aliphatic rings. The van der Waals surface area contributed by atoms with Gasteiger partial charge in [-0.25, -0.2) is 4.98 Å². The van der Waals surface area contributed by atoms with E-state index in [1.165, 1.54) is 6.33 Å². The Kier molecular flexibility index (Phi) is 2.03. The normalized spacial score (nSPS) is 11.2. The molecule has 1 rings (SSSR count).